The van der Waals surface area contributed by atoms with Gasteiger partial charge in [0, 0.05) is 49.6 Å². The van der Waals surface area contributed by atoms with E-state index < -0.39 is 0 Å². The number of piperazine rings is 1. The van der Waals surface area contributed by atoms with Gasteiger partial charge in [-0.1, -0.05) is 0 Å². The molecule has 1 aliphatic rings. The summed E-state index contributed by atoms with van der Waals surface area (Å²) in [6.45, 7) is 7.26. The Morgan fingerprint density at radius 1 is 1.00 bits per heavy atom. The van der Waals surface area contributed by atoms with Gasteiger partial charge in [0.05, 0.1) is 11.6 Å². The van der Waals surface area contributed by atoms with E-state index in [1.54, 1.807) is 0 Å². The molecule has 1 saturated heterocycles. The van der Waals surface area contributed by atoms with E-state index in [9.17, 15) is 4.79 Å². The Morgan fingerprint density at radius 2 is 1.73 bits per heavy atom. The van der Waals surface area contributed by atoms with Gasteiger partial charge >= 0.3 is 5.97 Å². The van der Waals surface area contributed by atoms with Crippen LogP contribution in [0.3, 0.4) is 0 Å². The molecule has 1 fully saturated rings. The molecular weight excluding hydrogens is 380 g/mol. The molecule has 4 rings (SSSR count). The summed E-state index contributed by atoms with van der Waals surface area (Å²) in [6, 6.07) is 13.8. The first kappa shape index (κ1) is 19.9. The minimum absolute atomic E-state index is 0.100. The fourth-order valence-corrected chi connectivity index (χ4v) is 3.55. The van der Waals surface area contributed by atoms with Crippen molar-refractivity contribution in [3.63, 3.8) is 0 Å². The maximum Gasteiger partial charge on any atom is 0.344 e. The Balaban J connectivity index is 1.39. The van der Waals surface area contributed by atoms with E-state index in [0.29, 0.717) is 5.75 Å². The van der Waals surface area contributed by atoms with Crippen LogP contribution < -0.4 is 14.5 Å². The average molecular weight is 406 g/mol. The van der Waals surface area contributed by atoms with Gasteiger partial charge in [-0.25, -0.2) is 9.78 Å². The standard InChI is InChI=1S/C23H26N4O3/c1-17(2)30-23(28)16-29-20-4-5-21-18(15-20)3-6-22(25-21)27-13-11-26(12-14-27)19-7-9-24-10-8-19/h3-10,15,17H,11-14,16H2,1-2H3. The van der Waals surface area contributed by atoms with Crippen molar-refractivity contribution in [1.82, 2.24) is 9.97 Å². The summed E-state index contributed by atoms with van der Waals surface area (Å²) in [7, 11) is 0. The van der Waals surface area contributed by atoms with Gasteiger partial charge in [-0.3, -0.25) is 4.98 Å². The first-order valence-corrected chi connectivity index (χ1v) is 10.2. The highest BCUT2D eigenvalue weighted by Gasteiger charge is 2.18. The van der Waals surface area contributed by atoms with Crippen LogP contribution in [0.5, 0.6) is 5.75 Å². The van der Waals surface area contributed by atoms with Crippen LogP contribution in [-0.2, 0) is 9.53 Å². The highest BCUT2D eigenvalue weighted by molar-refractivity contribution is 5.82. The number of esters is 1. The third-order valence-electron chi connectivity index (χ3n) is 5.00. The van der Waals surface area contributed by atoms with Crippen LogP contribution >= 0.6 is 0 Å². The number of rotatable bonds is 6. The lowest BCUT2D eigenvalue weighted by Gasteiger charge is -2.36. The van der Waals surface area contributed by atoms with Crippen molar-refractivity contribution in [2.45, 2.75) is 20.0 Å². The summed E-state index contributed by atoms with van der Waals surface area (Å²) in [6.07, 6.45) is 3.52. The molecule has 0 spiro atoms. The van der Waals surface area contributed by atoms with Gasteiger partial charge in [0.25, 0.3) is 0 Å². The smallest absolute Gasteiger partial charge is 0.344 e. The maximum absolute atomic E-state index is 11.7. The molecule has 156 valence electrons. The van der Waals surface area contributed by atoms with Crippen molar-refractivity contribution >= 4 is 28.4 Å². The van der Waals surface area contributed by atoms with Crippen molar-refractivity contribution in [3.05, 3.63) is 54.9 Å². The molecule has 0 amide bonds. The van der Waals surface area contributed by atoms with Gasteiger partial charge in [-0.15, -0.1) is 0 Å². The SMILES string of the molecule is CC(C)OC(=O)COc1ccc2nc(N3CCN(c4ccncc4)CC3)ccc2c1. The topological polar surface area (TPSA) is 67.8 Å². The number of aromatic nitrogens is 2. The average Bonchev–Trinajstić information content (AvgIpc) is 2.77. The molecule has 0 bridgehead atoms. The molecule has 7 nitrogen and oxygen atoms in total. The monoisotopic (exact) mass is 406 g/mol. The second-order valence-electron chi connectivity index (χ2n) is 7.53. The van der Waals surface area contributed by atoms with Crippen LogP contribution in [0.25, 0.3) is 10.9 Å². The minimum Gasteiger partial charge on any atom is -0.482 e. The van der Waals surface area contributed by atoms with Gasteiger partial charge in [-0.2, -0.15) is 0 Å². The van der Waals surface area contributed by atoms with E-state index in [-0.39, 0.29) is 18.7 Å². The number of benzene rings is 1. The Hall–Kier alpha value is -3.35. The number of hydrogen-bond acceptors (Lipinski definition) is 7. The van der Waals surface area contributed by atoms with Crippen molar-refractivity contribution in [1.29, 1.82) is 0 Å². The van der Waals surface area contributed by atoms with E-state index in [4.69, 9.17) is 14.5 Å². The summed E-state index contributed by atoms with van der Waals surface area (Å²) in [5.74, 6) is 1.24. The Labute approximate surface area is 176 Å². The molecule has 0 radical (unpaired) electrons. The van der Waals surface area contributed by atoms with Gasteiger partial charge < -0.3 is 19.3 Å². The molecule has 0 saturated carbocycles. The number of nitrogens with zero attached hydrogens (tertiary/aromatic N) is 4. The van der Waals surface area contributed by atoms with Crippen LogP contribution in [0.2, 0.25) is 0 Å². The first-order valence-electron chi connectivity index (χ1n) is 10.2. The lowest BCUT2D eigenvalue weighted by Crippen LogP contribution is -2.46. The van der Waals surface area contributed by atoms with Crippen LogP contribution in [0.4, 0.5) is 11.5 Å². The summed E-state index contributed by atoms with van der Waals surface area (Å²) < 4.78 is 10.6. The molecule has 1 aromatic carbocycles. The van der Waals surface area contributed by atoms with Crippen LogP contribution in [0.1, 0.15) is 13.8 Å². The zero-order valence-corrected chi connectivity index (χ0v) is 17.3. The molecule has 30 heavy (non-hydrogen) atoms. The van der Waals surface area contributed by atoms with Crippen LogP contribution in [-0.4, -0.2) is 54.8 Å². The van der Waals surface area contributed by atoms with Gasteiger partial charge in [0.15, 0.2) is 6.61 Å². The largest absolute Gasteiger partial charge is 0.482 e. The molecular formula is C23H26N4O3. The quantitative estimate of drug-likeness (QED) is 0.582. The molecule has 0 atom stereocenters. The number of anilines is 2. The van der Waals surface area contributed by atoms with E-state index >= 15 is 0 Å². The van der Waals surface area contributed by atoms with Crippen LogP contribution in [0.15, 0.2) is 54.9 Å². The summed E-state index contributed by atoms with van der Waals surface area (Å²) in [4.78, 5) is 25.2. The van der Waals surface area contributed by atoms with Gasteiger partial charge in [0.2, 0.25) is 0 Å². The Morgan fingerprint density at radius 3 is 2.47 bits per heavy atom. The highest BCUT2D eigenvalue weighted by Crippen LogP contribution is 2.24. The summed E-state index contributed by atoms with van der Waals surface area (Å²) in [5.41, 5.74) is 2.11. The predicted molar refractivity (Wildman–Crippen MR) is 117 cm³/mol. The van der Waals surface area contributed by atoms with E-state index in [0.717, 1.165) is 42.9 Å². The minimum atomic E-state index is -0.371. The lowest BCUT2D eigenvalue weighted by atomic mass is 10.2. The van der Waals surface area contributed by atoms with Crippen molar-refractivity contribution in [3.8, 4) is 5.75 Å². The maximum atomic E-state index is 11.7. The van der Waals surface area contributed by atoms with Gasteiger partial charge in [-0.05, 0) is 56.3 Å². The molecule has 0 N–H and O–H groups in total. The summed E-state index contributed by atoms with van der Waals surface area (Å²) >= 11 is 0. The third-order valence-corrected chi connectivity index (χ3v) is 5.00. The van der Waals surface area contributed by atoms with Crippen molar-refractivity contribution in [2.75, 3.05) is 42.6 Å². The zero-order valence-electron chi connectivity index (χ0n) is 17.3. The molecule has 7 heteroatoms. The van der Waals surface area contributed by atoms with E-state index in [1.165, 1.54) is 5.69 Å². The zero-order chi connectivity index (χ0) is 20.9. The predicted octanol–water partition coefficient (Wildman–Crippen LogP) is 3.29. The molecule has 0 aliphatic carbocycles. The third kappa shape index (κ3) is 4.79. The second-order valence-corrected chi connectivity index (χ2v) is 7.53. The number of ether oxygens (including phenoxy) is 2. The number of pyridine rings is 2. The number of carbonyl (C=O) groups excluding carboxylic acids is 1. The van der Waals surface area contributed by atoms with Crippen LogP contribution in [0, 0.1) is 0 Å². The summed E-state index contributed by atoms with van der Waals surface area (Å²) in [5, 5.41) is 0.976. The molecule has 1 aliphatic heterocycles. The van der Waals surface area contributed by atoms with Gasteiger partial charge in [0.1, 0.15) is 11.6 Å². The Kier molecular flexibility index (Phi) is 5.97. The molecule has 0 unspecified atom stereocenters. The fraction of sp³-hybridized carbons (Fsp3) is 0.348. The van der Waals surface area contributed by atoms with Crippen molar-refractivity contribution < 1.29 is 14.3 Å². The number of hydrogen-bond donors (Lipinski definition) is 0. The lowest BCUT2D eigenvalue weighted by molar-refractivity contribution is -0.149. The normalized spacial score (nSPS) is 14.2. The van der Waals surface area contributed by atoms with Crippen molar-refractivity contribution in [2.24, 2.45) is 0 Å². The van der Waals surface area contributed by atoms with E-state index in [2.05, 4.69) is 14.8 Å². The first-order chi connectivity index (χ1) is 14.6. The second kappa shape index (κ2) is 8.98. The molecule has 3 heterocycles. The molecule has 2 aromatic heterocycles. The van der Waals surface area contributed by atoms with E-state index in [1.807, 2.05) is 68.7 Å². The Bertz CT molecular complexity index is 1000. The fourth-order valence-electron chi connectivity index (χ4n) is 3.55. The number of fused-ring (bicyclic) bond motifs is 1. The number of carbonyl (C=O) groups is 1. The molecule has 3 aromatic rings. The highest BCUT2D eigenvalue weighted by atomic mass is 16.6.